The second-order valence-corrected chi connectivity index (χ2v) is 5.98. The zero-order valence-corrected chi connectivity index (χ0v) is 12.8. The lowest BCUT2D eigenvalue weighted by Crippen LogP contribution is -2.09. The van der Waals surface area contributed by atoms with Crippen molar-refractivity contribution in [2.45, 2.75) is 0 Å². The number of carbonyl (C=O) groups is 1. The third kappa shape index (κ3) is 2.96. The van der Waals surface area contributed by atoms with E-state index in [1.807, 2.05) is 41.1 Å². The standard InChI is InChI=1S/C15H12N2O2S2/c1-19-12-6-3-2-5-10(12)11-9-21-15(16-11)17-14(18)13-7-4-8-20-13/h2-9H,1H3,(H,16,17,18). The largest absolute Gasteiger partial charge is 0.496 e. The fourth-order valence-corrected chi connectivity index (χ4v) is 3.20. The summed E-state index contributed by atoms with van der Waals surface area (Å²) < 4.78 is 5.33. The van der Waals surface area contributed by atoms with E-state index in [1.54, 1.807) is 13.2 Å². The normalized spacial score (nSPS) is 10.3. The maximum absolute atomic E-state index is 12.0. The van der Waals surface area contributed by atoms with Gasteiger partial charge in [-0.25, -0.2) is 4.98 Å². The molecule has 4 nitrogen and oxygen atoms in total. The molecule has 2 heterocycles. The Morgan fingerprint density at radius 2 is 2.05 bits per heavy atom. The molecule has 0 spiro atoms. The van der Waals surface area contributed by atoms with Gasteiger partial charge < -0.3 is 4.74 Å². The molecule has 0 unspecified atom stereocenters. The molecule has 3 rings (SSSR count). The number of rotatable bonds is 4. The minimum Gasteiger partial charge on any atom is -0.496 e. The Bertz CT molecular complexity index is 751. The molecule has 0 aliphatic carbocycles. The number of benzene rings is 1. The van der Waals surface area contributed by atoms with Gasteiger partial charge in [-0.15, -0.1) is 22.7 Å². The second kappa shape index (κ2) is 6.07. The monoisotopic (exact) mass is 316 g/mol. The molecule has 0 bridgehead atoms. The van der Waals surface area contributed by atoms with Crippen molar-refractivity contribution in [1.82, 2.24) is 4.98 Å². The minimum absolute atomic E-state index is 0.133. The van der Waals surface area contributed by atoms with Crippen molar-refractivity contribution < 1.29 is 9.53 Å². The maximum Gasteiger partial charge on any atom is 0.267 e. The van der Waals surface area contributed by atoms with Gasteiger partial charge in [-0.3, -0.25) is 10.1 Å². The van der Waals surface area contributed by atoms with Crippen molar-refractivity contribution in [3.63, 3.8) is 0 Å². The number of carbonyl (C=O) groups excluding carboxylic acids is 1. The number of methoxy groups -OCH3 is 1. The predicted octanol–water partition coefficient (Wildman–Crippen LogP) is 4.13. The maximum atomic E-state index is 12.0. The van der Waals surface area contributed by atoms with Crippen LogP contribution in [-0.2, 0) is 0 Å². The van der Waals surface area contributed by atoms with Gasteiger partial charge in [0.2, 0.25) is 0 Å². The van der Waals surface area contributed by atoms with E-state index in [-0.39, 0.29) is 5.91 Å². The van der Waals surface area contributed by atoms with E-state index in [0.29, 0.717) is 10.0 Å². The Balaban J connectivity index is 1.82. The fraction of sp³-hybridized carbons (Fsp3) is 0.0667. The van der Waals surface area contributed by atoms with Gasteiger partial charge in [-0.1, -0.05) is 18.2 Å². The molecule has 0 fully saturated rings. The number of amides is 1. The lowest BCUT2D eigenvalue weighted by Gasteiger charge is -2.04. The molecular weight excluding hydrogens is 304 g/mol. The van der Waals surface area contributed by atoms with Crippen molar-refractivity contribution in [2.75, 3.05) is 12.4 Å². The molecule has 3 aromatic rings. The number of hydrogen-bond donors (Lipinski definition) is 1. The third-order valence-electron chi connectivity index (χ3n) is 2.85. The van der Waals surface area contributed by atoms with E-state index < -0.39 is 0 Å². The number of nitrogens with one attached hydrogen (secondary N) is 1. The van der Waals surface area contributed by atoms with E-state index >= 15 is 0 Å². The molecular formula is C15H12N2O2S2. The number of thiazole rings is 1. The highest BCUT2D eigenvalue weighted by Gasteiger charge is 2.12. The number of hydrogen-bond acceptors (Lipinski definition) is 5. The van der Waals surface area contributed by atoms with Crippen LogP contribution in [0.1, 0.15) is 9.67 Å². The van der Waals surface area contributed by atoms with Crippen LogP contribution in [0.3, 0.4) is 0 Å². The van der Waals surface area contributed by atoms with Gasteiger partial charge in [0, 0.05) is 10.9 Å². The SMILES string of the molecule is COc1ccccc1-c1csc(NC(=O)c2cccs2)n1. The number of thiophene rings is 1. The molecule has 0 aliphatic heterocycles. The van der Waals surface area contributed by atoms with Crippen LogP contribution < -0.4 is 10.1 Å². The average Bonchev–Trinajstić information content (AvgIpc) is 3.18. The summed E-state index contributed by atoms with van der Waals surface area (Å²) in [6.45, 7) is 0. The number of ether oxygens (including phenoxy) is 1. The van der Waals surface area contributed by atoms with Crippen molar-refractivity contribution >= 4 is 33.7 Å². The average molecular weight is 316 g/mol. The number of anilines is 1. The van der Waals surface area contributed by atoms with E-state index in [0.717, 1.165) is 17.0 Å². The minimum atomic E-state index is -0.133. The van der Waals surface area contributed by atoms with Gasteiger partial charge in [-0.05, 0) is 23.6 Å². The van der Waals surface area contributed by atoms with Crippen LogP contribution in [0.5, 0.6) is 5.75 Å². The summed E-state index contributed by atoms with van der Waals surface area (Å²) in [5.41, 5.74) is 1.70. The summed E-state index contributed by atoms with van der Waals surface area (Å²) in [4.78, 5) is 17.1. The van der Waals surface area contributed by atoms with E-state index in [2.05, 4.69) is 10.3 Å². The Morgan fingerprint density at radius 3 is 2.81 bits per heavy atom. The Morgan fingerprint density at radius 1 is 1.19 bits per heavy atom. The van der Waals surface area contributed by atoms with Crippen LogP contribution in [0.4, 0.5) is 5.13 Å². The number of aromatic nitrogens is 1. The van der Waals surface area contributed by atoms with E-state index in [9.17, 15) is 4.79 Å². The summed E-state index contributed by atoms with van der Waals surface area (Å²) in [6.07, 6.45) is 0. The van der Waals surface area contributed by atoms with Crippen molar-refractivity contribution in [3.05, 3.63) is 52.0 Å². The molecule has 0 atom stereocenters. The van der Waals surface area contributed by atoms with Crippen LogP contribution >= 0.6 is 22.7 Å². The van der Waals surface area contributed by atoms with Crippen LogP contribution in [0.2, 0.25) is 0 Å². The highest BCUT2D eigenvalue weighted by Crippen LogP contribution is 2.32. The van der Waals surface area contributed by atoms with Gasteiger partial charge in [0.15, 0.2) is 5.13 Å². The predicted molar refractivity (Wildman–Crippen MR) is 86.4 cm³/mol. The van der Waals surface area contributed by atoms with Crippen LogP contribution in [0.15, 0.2) is 47.2 Å². The first kappa shape index (κ1) is 13.8. The molecule has 0 saturated heterocycles. The Labute approximate surface area is 130 Å². The van der Waals surface area contributed by atoms with Crippen molar-refractivity contribution in [3.8, 4) is 17.0 Å². The third-order valence-corrected chi connectivity index (χ3v) is 4.48. The van der Waals surface area contributed by atoms with Crippen LogP contribution in [-0.4, -0.2) is 18.0 Å². The zero-order valence-electron chi connectivity index (χ0n) is 11.2. The smallest absolute Gasteiger partial charge is 0.267 e. The highest BCUT2D eigenvalue weighted by molar-refractivity contribution is 7.14. The highest BCUT2D eigenvalue weighted by atomic mass is 32.1. The lowest BCUT2D eigenvalue weighted by molar-refractivity contribution is 0.103. The fourth-order valence-electron chi connectivity index (χ4n) is 1.88. The molecule has 0 radical (unpaired) electrons. The van der Waals surface area contributed by atoms with Crippen LogP contribution in [0, 0.1) is 0 Å². The summed E-state index contributed by atoms with van der Waals surface area (Å²) in [5, 5.41) is 7.16. The quantitative estimate of drug-likeness (QED) is 0.787. The van der Waals surface area contributed by atoms with Gasteiger partial charge >= 0.3 is 0 Å². The van der Waals surface area contributed by atoms with Crippen LogP contribution in [0.25, 0.3) is 11.3 Å². The summed E-state index contributed by atoms with van der Waals surface area (Å²) in [6, 6.07) is 11.3. The topological polar surface area (TPSA) is 51.2 Å². The second-order valence-electron chi connectivity index (χ2n) is 4.17. The van der Waals surface area contributed by atoms with Crippen molar-refractivity contribution in [1.29, 1.82) is 0 Å². The molecule has 21 heavy (non-hydrogen) atoms. The molecule has 6 heteroatoms. The molecule has 0 saturated carbocycles. The Kier molecular flexibility index (Phi) is 3.98. The molecule has 106 valence electrons. The zero-order chi connectivity index (χ0) is 14.7. The van der Waals surface area contributed by atoms with Gasteiger partial charge in [0.1, 0.15) is 5.75 Å². The summed E-state index contributed by atoms with van der Waals surface area (Å²) in [7, 11) is 1.63. The number of para-hydroxylation sites is 1. The molecule has 0 aliphatic rings. The first-order valence-corrected chi connectivity index (χ1v) is 7.97. The van der Waals surface area contributed by atoms with E-state index in [1.165, 1.54) is 22.7 Å². The first-order valence-electron chi connectivity index (χ1n) is 6.21. The van der Waals surface area contributed by atoms with Gasteiger partial charge in [0.05, 0.1) is 17.7 Å². The summed E-state index contributed by atoms with van der Waals surface area (Å²) >= 11 is 2.80. The lowest BCUT2D eigenvalue weighted by atomic mass is 10.1. The van der Waals surface area contributed by atoms with E-state index in [4.69, 9.17) is 4.74 Å². The molecule has 1 aromatic carbocycles. The number of nitrogens with zero attached hydrogens (tertiary/aromatic N) is 1. The molecule has 1 amide bonds. The summed E-state index contributed by atoms with van der Waals surface area (Å²) in [5.74, 6) is 0.630. The van der Waals surface area contributed by atoms with Crippen molar-refractivity contribution in [2.24, 2.45) is 0 Å². The molecule has 2 aromatic heterocycles. The Hall–Kier alpha value is -2.18. The van der Waals surface area contributed by atoms with Gasteiger partial charge in [0.25, 0.3) is 5.91 Å². The molecule has 1 N–H and O–H groups in total. The van der Waals surface area contributed by atoms with Gasteiger partial charge in [-0.2, -0.15) is 0 Å². The first-order chi connectivity index (χ1) is 10.3.